The van der Waals surface area contributed by atoms with E-state index in [-0.39, 0.29) is 22.2 Å². The third-order valence-electron chi connectivity index (χ3n) is 2.97. The van der Waals surface area contributed by atoms with E-state index in [1.54, 1.807) is 17.1 Å². The molecule has 3 nitrogen and oxygen atoms in total. The third-order valence-corrected chi connectivity index (χ3v) is 3.66. The monoisotopic (exact) mass is 360 g/mol. The molecule has 2 aromatic rings. The minimum Gasteiger partial charge on any atom is -0.294 e. The number of hydrogen-bond donors (Lipinski definition) is 0. The zero-order valence-corrected chi connectivity index (χ0v) is 12.7. The van der Waals surface area contributed by atoms with Crippen LogP contribution < -0.4 is 0 Å². The van der Waals surface area contributed by atoms with Crippen molar-refractivity contribution in [3.8, 4) is 0 Å². The number of nitrogens with zero attached hydrogens (tertiary/aromatic N) is 2. The number of carbonyl (C=O) groups is 1. The summed E-state index contributed by atoms with van der Waals surface area (Å²) in [6.07, 6.45) is -1.21. The molecule has 112 valence electrons. The van der Waals surface area contributed by atoms with Crippen molar-refractivity contribution in [3.63, 3.8) is 0 Å². The smallest absolute Gasteiger partial charge is 0.294 e. The number of hydrogen-bond acceptors (Lipinski definition) is 2. The van der Waals surface area contributed by atoms with E-state index in [1.807, 2.05) is 6.92 Å². The normalized spacial score (nSPS) is 11.7. The van der Waals surface area contributed by atoms with Crippen LogP contribution in [0.3, 0.4) is 0 Å². The molecule has 0 aliphatic carbocycles. The van der Waals surface area contributed by atoms with Gasteiger partial charge in [-0.15, -0.1) is 0 Å². The Hall–Kier alpha value is -1.63. The summed E-state index contributed by atoms with van der Waals surface area (Å²) in [4.78, 5) is 12.1. The molecule has 0 fully saturated rings. The topological polar surface area (TPSA) is 34.9 Å². The van der Waals surface area contributed by atoms with Crippen molar-refractivity contribution in [2.75, 3.05) is 0 Å². The SMILES string of the molecule is CCn1cc(CC(=O)c2ccc(Br)c(C(F)(F)F)c2)cn1. The molecule has 0 atom stereocenters. The predicted octanol–water partition coefficient (Wildman–Crippen LogP) is 4.11. The molecule has 0 saturated carbocycles. The van der Waals surface area contributed by atoms with Crippen LogP contribution in [0, 0.1) is 0 Å². The highest BCUT2D eigenvalue weighted by Crippen LogP contribution is 2.35. The Labute approximate surface area is 127 Å². The average Bonchev–Trinajstić information content (AvgIpc) is 2.85. The lowest BCUT2D eigenvalue weighted by Gasteiger charge is -2.10. The van der Waals surface area contributed by atoms with Crippen LogP contribution in [0.25, 0.3) is 0 Å². The molecule has 0 unspecified atom stereocenters. The molecule has 1 aromatic heterocycles. The van der Waals surface area contributed by atoms with Crippen LogP contribution in [0.1, 0.15) is 28.4 Å². The predicted molar refractivity (Wildman–Crippen MR) is 75.1 cm³/mol. The van der Waals surface area contributed by atoms with Gasteiger partial charge in [0.1, 0.15) is 0 Å². The average molecular weight is 361 g/mol. The van der Waals surface area contributed by atoms with Gasteiger partial charge in [0.2, 0.25) is 0 Å². The summed E-state index contributed by atoms with van der Waals surface area (Å²) in [5.41, 5.74) is -0.134. The van der Waals surface area contributed by atoms with E-state index in [0.717, 1.165) is 6.07 Å². The maximum atomic E-state index is 12.8. The zero-order valence-electron chi connectivity index (χ0n) is 11.1. The Kier molecular flexibility index (Phi) is 4.51. The van der Waals surface area contributed by atoms with Crippen molar-refractivity contribution in [3.05, 3.63) is 51.8 Å². The fourth-order valence-electron chi connectivity index (χ4n) is 1.87. The molecule has 0 bridgehead atoms. The minimum absolute atomic E-state index is 0.0267. The first-order valence-corrected chi connectivity index (χ1v) is 7.02. The second-order valence-electron chi connectivity index (χ2n) is 4.50. The van der Waals surface area contributed by atoms with Gasteiger partial charge in [-0.25, -0.2) is 0 Å². The molecule has 21 heavy (non-hydrogen) atoms. The molecule has 7 heteroatoms. The lowest BCUT2D eigenvalue weighted by atomic mass is 10.0. The first-order chi connectivity index (χ1) is 9.81. The second-order valence-corrected chi connectivity index (χ2v) is 5.35. The largest absolute Gasteiger partial charge is 0.417 e. The molecule has 2 rings (SSSR count). The summed E-state index contributed by atoms with van der Waals surface area (Å²) < 4.78 is 40.0. The summed E-state index contributed by atoms with van der Waals surface area (Å²) in [7, 11) is 0. The molecular weight excluding hydrogens is 349 g/mol. The number of benzene rings is 1. The maximum Gasteiger partial charge on any atom is 0.417 e. The van der Waals surface area contributed by atoms with Crippen LogP contribution in [0.2, 0.25) is 0 Å². The minimum atomic E-state index is -4.50. The van der Waals surface area contributed by atoms with Gasteiger partial charge in [-0.2, -0.15) is 18.3 Å². The second kappa shape index (κ2) is 6.01. The molecule has 0 spiro atoms. The van der Waals surface area contributed by atoms with Crippen LogP contribution >= 0.6 is 15.9 Å². The van der Waals surface area contributed by atoms with Gasteiger partial charge in [0.25, 0.3) is 0 Å². The molecule has 1 aromatic carbocycles. The van der Waals surface area contributed by atoms with Gasteiger partial charge in [-0.05, 0) is 24.6 Å². The summed E-state index contributed by atoms with van der Waals surface area (Å²) in [6.45, 7) is 2.58. The Morgan fingerprint density at radius 2 is 2.10 bits per heavy atom. The summed E-state index contributed by atoms with van der Waals surface area (Å²) in [5, 5.41) is 4.03. The number of aromatic nitrogens is 2. The maximum absolute atomic E-state index is 12.8. The molecule has 0 radical (unpaired) electrons. The van der Waals surface area contributed by atoms with E-state index < -0.39 is 11.7 Å². The fourth-order valence-corrected chi connectivity index (χ4v) is 2.35. The number of aryl methyl sites for hydroxylation is 1. The molecule has 0 amide bonds. The highest BCUT2D eigenvalue weighted by molar-refractivity contribution is 9.10. The van der Waals surface area contributed by atoms with Gasteiger partial charge in [0.15, 0.2) is 5.78 Å². The standard InChI is InChI=1S/C14H12BrF3N2O/c1-2-20-8-9(7-19-20)5-13(21)10-3-4-12(15)11(6-10)14(16,17)18/h3-4,6-8H,2,5H2,1H3. The number of carbonyl (C=O) groups excluding carboxylic acids is 1. The summed E-state index contributed by atoms with van der Waals surface area (Å²) >= 11 is 2.85. The Bertz CT molecular complexity index is 664. The van der Waals surface area contributed by atoms with Gasteiger partial charge >= 0.3 is 6.18 Å². The van der Waals surface area contributed by atoms with Gasteiger partial charge in [-0.3, -0.25) is 9.48 Å². The van der Waals surface area contributed by atoms with E-state index in [1.165, 1.54) is 12.1 Å². The van der Waals surface area contributed by atoms with Crippen LogP contribution in [-0.4, -0.2) is 15.6 Å². The van der Waals surface area contributed by atoms with Gasteiger partial charge in [-0.1, -0.05) is 22.0 Å². The van der Waals surface area contributed by atoms with Crippen molar-refractivity contribution in [1.82, 2.24) is 9.78 Å². The molecular formula is C14H12BrF3N2O. The first kappa shape index (κ1) is 15.8. The van der Waals surface area contributed by atoms with Crippen molar-refractivity contribution in [2.24, 2.45) is 0 Å². The zero-order chi connectivity index (χ0) is 15.6. The Balaban J connectivity index is 2.23. The highest BCUT2D eigenvalue weighted by Gasteiger charge is 2.33. The van der Waals surface area contributed by atoms with Crippen LogP contribution in [0.15, 0.2) is 35.1 Å². The molecule has 0 saturated heterocycles. The summed E-state index contributed by atoms with van der Waals surface area (Å²) in [5.74, 6) is -0.372. The Morgan fingerprint density at radius 1 is 1.38 bits per heavy atom. The Morgan fingerprint density at radius 3 is 2.67 bits per heavy atom. The van der Waals surface area contributed by atoms with Crippen LogP contribution in [0.5, 0.6) is 0 Å². The van der Waals surface area contributed by atoms with E-state index >= 15 is 0 Å². The van der Waals surface area contributed by atoms with E-state index in [0.29, 0.717) is 12.1 Å². The van der Waals surface area contributed by atoms with E-state index in [2.05, 4.69) is 21.0 Å². The number of ketones is 1. The van der Waals surface area contributed by atoms with E-state index in [9.17, 15) is 18.0 Å². The van der Waals surface area contributed by atoms with Crippen molar-refractivity contribution >= 4 is 21.7 Å². The number of alkyl halides is 3. The molecule has 1 heterocycles. The number of Topliss-reactive ketones (excluding diaryl/α,β-unsaturated/α-hetero) is 1. The van der Waals surface area contributed by atoms with Gasteiger partial charge < -0.3 is 0 Å². The summed E-state index contributed by atoms with van der Waals surface area (Å²) in [6, 6.07) is 3.49. The lowest BCUT2D eigenvalue weighted by Crippen LogP contribution is -2.10. The van der Waals surface area contributed by atoms with Crippen molar-refractivity contribution < 1.29 is 18.0 Å². The lowest BCUT2D eigenvalue weighted by molar-refractivity contribution is -0.138. The van der Waals surface area contributed by atoms with E-state index in [4.69, 9.17) is 0 Å². The third kappa shape index (κ3) is 3.72. The number of rotatable bonds is 4. The van der Waals surface area contributed by atoms with Crippen molar-refractivity contribution in [1.29, 1.82) is 0 Å². The number of halogens is 4. The van der Waals surface area contributed by atoms with Crippen LogP contribution in [0.4, 0.5) is 13.2 Å². The molecule has 0 aliphatic rings. The highest BCUT2D eigenvalue weighted by atomic mass is 79.9. The quantitative estimate of drug-likeness (QED) is 0.769. The van der Waals surface area contributed by atoms with Crippen molar-refractivity contribution in [2.45, 2.75) is 26.1 Å². The fraction of sp³-hybridized carbons (Fsp3) is 0.286. The van der Waals surface area contributed by atoms with Gasteiger partial charge in [0, 0.05) is 29.2 Å². The molecule has 0 aliphatic heterocycles. The van der Waals surface area contributed by atoms with Gasteiger partial charge in [0.05, 0.1) is 11.8 Å². The van der Waals surface area contributed by atoms with Crippen LogP contribution in [-0.2, 0) is 19.1 Å². The molecule has 0 N–H and O–H groups in total. The first-order valence-electron chi connectivity index (χ1n) is 6.22.